The zero-order valence-electron chi connectivity index (χ0n) is 10.1. The minimum absolute atomic E-state index is 0.564. The molecule has 5 heteroatoms. The highest BCUT2D eigenvalue weighted by Crippen LogP contribution is 2.33. The van der Waals surface area contributed by atoms with E-state index in [1.165, 1.54) is 32.1 Å². The van der Waals surface area contributed by atoms with Gasteiger partial charge in [-0.2, -0.15) is 0 Å². The molecule has 2 heterocycles. The van der Waals surface area contributed by atoms with Crippen LogP contribution in [-0.4, -0.2) is 26.7 Å². The van der Waals surface area contributed by atoms with E-state index in [9.17, 15) is 0 Å². The van der Waals surface area contributed by atoms with Gasteiger partial charge in [0, 0.05) is 13.0 Å². The largest absolute Gasteiger partial charge is 0.326 e. The van der Waals surface area contributed by atoms with Crippen molar-refractivity contribution in [1.82, 2.24) is 19.6 Å². The first-order valence-corrected chi connectivity index (χ1v) is 6.26. The maximum absolute atomic E-state index is 4.46. The fraction of sp³-hybridized carbons (Fsp3) is 0.583. The maximum atomic E-state index is 4.46. The highest BCUT2D eigenvalue weighted by molar-refractivity contribution is 5.73. The van der Waals surface area contributed by atoms with Crippen LogP contribution in [0, 0.1) is 0 Å². The third-order valence-corrected chi connectivity index (χ3v) is 3.59. The third-order valence-electron chi connectivity index (χ3n) is 3.59. The molecule has 0 spiro atoms. The van der Waals surface area contributed by atoms with Gasteiger partial charge < -0.3 is 5.43 Å². The number of imidazole rings is 1. The number of nitrogens with zero attached hydrogens (tertiary/aromatic N) is 4. The van der Waals surface area contributed by atoms with Crippen LogP contribution in [0.15, 0.2) is 12.7 Å². The molecule has 0 atom stereocenters. The Labute approximate surface area is 100 Å². The molecule has 1 fully saturated rings. The van der Waals surface area contributed by atoms with E-state index < -0.39 is 0 Å². The molecule has 90 valence electrons. The molecule has 1 aliphatic carbocycles. The fourth-order valence-corrected chi connectivity index (χ4v) is 2.69. The molecule has 0 amide bonds. The molecule has 0 bridgehead atoms. The van der Waals surface area contributed by atoms with Crippen LogP contribution in [-0.2, 0) is 0 Å². The molecule has 0 aliphatic heterocycles. The van der Waals surface area contributed by atoms with E-state index in [4.69, 9.17) is 0 Å². The summed E-state index contributed by atoms with van der Waals surface area (Å²) in [5.74, 6) is 0.564. The number of nitrogens with one attached hydrogen (secondary N) is 1. The number of hydrogen-bond acceptors (Lipinski definition) is 4. The quantitative estimate of drug-likeness (QED) is 0.859. The molecule has 1 aliphatic rings. The van der Waals surface area contributed by atoms with Crippen LogP contribution in [0.25, 0.3) is 11.2 Å². The molecule has 3 rings (SSSR count). The van der Waals surface area contributed by atoms with Gasteiger partial charge in [-0.15, -0.1) is 0 Å². The lowest BCUT2D eigenvalue weighted by Gasteiger charge is -2.20. The zero-order chi connectivity index (χ0) is 11.7. The van der Waals surface area contributed by atoms with E-state index in [1.54, 1.807) is 12.7 Å². The standard InChI is InChI=1S/C12H17N5/c1-13-17-8-16-11-10(14-7-15-12(11)17)9-5-3-2-4-6-9/h7-9,13H,2-6H2,1H3. The molecule has 0 aromatic carbocycles. The van der Waals surface area contributed by atoms with Crippen molar-refractivity contribution in [1.29, 1.82) is 0 Å². The lowest BCUT2D eigenvalue weighted by atomic mass is 9.86. The second-order valence-corrected chi connectivity index (χ2v) is 4.60. The summed E-state index contributed by atoms with van der Waals surface area (Å²) >= 11 is 0. The van der Waals surface area contributed by atoms with Crippen molar-refractivity contribution in [3.63, 3.8) is 0 Å². The Morgan fingerprint density at radius 2 is 2.00 bits per heavy atom. The van der Waals surface area contributed by atoms with Crippen LogP contribution in [0.1, 0.15) is 43.7 Å². The summed E-state index contributed by atoms with van der Waals surface area (Å²) in [5.41, 5.74) is 6.00. The Balaban J connectivity index is 2.06. The SMILES string of the molecule is CNn1cnc2c(C3CCCCC3)ncnc21. The van der Waals surface area contributed by atoms with Crippen LogP contribution in [0.5, 0.6) is 0 Å². The van der Waals surface area contributed by atoms with Crippen LogP contribution in [0.2, 0.25) is 0 Å². The Morgan fingerprint density at radius 3 is 2.76 bits per heavy atom. The van der Waals surface area contributed by atoms with E-state index >= 15 is 0 Å². The average Bonchev–Trinajstić information content (AvgIpc) is 2.82. The van der Waals surface area contributed by atoms with E-state index in [2.05, 4.69) is 20.4 Å². The van der Waals surface area contributed by atoms with Crippen molar-refractivity contribution >= 4 is 11.2 Å². The van der Waals surface area contributed by atoms with Crippen LogP contribution < -0.4 is 5.43 Å². The third kappa shape index (κ3) is 1.75. The molecule has 1 saturated carbocycles. The molecule has 2 aromatic heterocycles. The number of rotatable bonds is 2. The van der Waals surface area contributed by atoms with Gasteiger partial charge in [0.2, 0.25) is 0 Å². The summed E-state index contributed by atoms with van der Waals surface area (Å²) in [4.78, 5) is 13.2. The second-order valence-electron chi connectivity index (χ2n) is 4.60. The number of aromatic nitrogens is 4. The molecular formula is C12H17N5. The van der Waals surface area contributed by atoms with Gasteiger partial charge >= 0.3 is 0 Å². The van der Waals surface area contributed by atoms with Crippen molar-refractivity contribution in [2.24, 2.45) is 0 Å². The molecule has 1 N–H and O–H groups in total. The lowest BCUT2D eigenvalue weighted by Crippen LogP contribution is -2.10. The molecule has 0 radical (unpaired) electrons. The lowest BCUT2D eigenvalue weighted by molar-refractivity contribution is 0.438. The van der Waals surface area contributed by atoms with E-state index in [1.807, 2.05) is 11.7 Å². The van der Waals surface area contributed by atoms with E-state index in [0.29, 0.717) is 5.92 Å². The van der Waals surface area contributed by atoms with Crippen molar-refractivity contribution < 1.29 is 0 Å². The predicted octanol–water partition coefficient (Wildman–Crippen LogP) is 2.05. The molecule has 17 heavy (non-hydrogen) atoms. The average molecular weight is 231 g/mol. The van der Waals surface area contributed by atoms with Gasteiger partial charge in [-0.05, 0) is 12.8 Å². The molecule has 2 aromatic rings. The van der Waals surface area contributed by atoms with E-state index in [0.717, 1.165) is 16.9 Å². The number of hydrogen-bond donors (Lipinski definition) is 1. The predicted molar refractivity (Wildman–Crippen MR) is 66.4 cm³/mol. The first kappa shape index (κ1) is 10.5. The Morgan fingerprint density at radius 1 is 1.18 bits per heavy atom. The smallest absolute Gasteiger partial charge is 0.182 e. The van der Waals surface area contributed by atoms with Crippen LogP contribution in [0.4, 0.5) is 0 Å². The summed E-state index contributed by atoms with van der Waals surface area (Å²) in [7, 11) is 1.86. The summed E-state index contributed by atoms with van der Waals surface area (Å²) in [6.07, 6.45) is 9.87. The summed E-state index contributed by atoms with van der Waals surface area (Å²) in [6, 6.07) is 0. The molecular weight excluding hydrogens is 214 g/mol. The Hall–Kier alpha value is -1.65. The van der Waals surface area contributed by atoms with Crippen LogP contribution in [0.3, 0.4) is 0 Å². The summed E-state index contributed by atoms with van der Waals surface area (Å²) in [5, 5.41) is 0. The first-order chi connectivity index (χ1) is 8.40. The first-order valence-electron chi connectivity index (χ1n) is 6.26. The molecule has 0 unspecified atom stereocenters. The minimum Gasteiger partial charge on any atom is -0.326 e. The minimum atomic E-state index is 0.564. The Bertz CT molecular complexity index is 513. The normalized spacial score (nSPS) is 17.5. The van der Waals surface area contributed by atoms with Crippen LogP contribution >= 0.6 is 0 Å². The van der Waals surface area contributed by atoms with Gasteiger partial charge in [0.05, 0.1) is 5.69 Å². The summed E-state index contributed by atoms with van der Waals surface area (Å²) in [6.45, 7) is 0. The maximum Gasteiger partial charge on any atom is 0.182 e. The molecule has 5 nitrogen and oxygen atoms in total. The van der Waals surface area contributed by atoms with Gasteiger partial charge in [-0.3, -0.25) is 0 Å². The highest BCUT2D eigenvalue weighted by atomic mass is 15.4. The summed E-state index contributed by atoms with van der Waals surface area (Å²) < 4.78 is 1.84. The fourth-order valence-electron chi connectivity index (χ4n) is 2.69. The zero-order valence-corrected chi connectivity index (χ0v) is 10.1. The van der Waals surface area contributed by atoms with Gasteiger partial charge in [0.25, 0.3) is 0 Å². The van der Waals surface area contributed by atoms with Crippen molar-refractivity contribution in [3.8, 4) is 0 Å². The van der Waals surface area contributed by atoms with Gasteiger partial charge in [-0.25, -0.2) is 19.6 Å². The topological polar surface area (TPSA) is 55.6 Å². The molecule has 0 saturated heterocycles. The Kier molecular flexibility index (Phi) is 2.66. The second kappa shape index (κ2) is 4.31. The van der Waals surface area contributed by atoms with Crippen molar-refractivity contribution in [3.05, 3.63) is 18.3 Å². The van der Waals surface area contributed by atoms with Gasteiger partial charge in [-0.1, -0.05) is 19.3 Å². The van der Waals surface area contributed by atoms with Gasteiger partial charge in [0.1, 0.15) is 18.2 Å². The number of fused-ring (bicyclic) bond motifs is 1. The van der Waals surface area contributed by atoms with Gasteiger partial charge in [0.15, 0.2) is 5.65 Å². The monoisotopic (exact) mass is 231 g/mol. The highest BCUT2D eigenvalue weighted by Gasteiger charge is 2.21. The van der Waals surface area contributed by atoms with E-state index in [-0.39, 0.29) is 0 Å². The van der Waals surface area contributed by atoms with Crippen molar-refractivity contribution in [2.45, 2.75) is 38.0 Å². The van der Waals surface area contributed by atoms with Crippen molar-refractivity contribution in [2.75, 3.05) is 12.5 Å².